The summed E-state index contributed by atoms with van der Waals surface area (Å²) in [5.41, 5.74) is 2.26. The monoisotopic (exact) mass is 400 g/mol. The number of thiophene rings is 1. The number of rotatable bonds is 8. The highest BCUT2D eigenvalue weighted by molar-refractivity contribution is 7.13. The first-order valence-electron chi connectivity index (χ1n) is 9.25. The Morgan fingerprint density at radius 3 is 2.78 bits per heavy atom. The van der Waals surface area contributed by atoms with Crippen LogP contribution in [0.5, 0.6) is 5.75 Å². The Labute approximate surface area is 168 Å². The molecular formula is C21H24N2O2S2. The van der Waals surface area contributed by atoms with Crippen molar-refractivity contribution in [1.82, 2.24) is 9.88 Å². The lowest BCUT2D eigenvalue weighted by Gasteiger charge is -2.23. The minimum atomic E-state index is 0.352. The zero-order valence-electron chi connectivity index (χ0n) is 15.5. The lowest BCUT2D eigenvalue weighted by molar-refractivity contribution is 0.0679. The Balaban J connectivity index is 1.45. The van der Waals surface area contributed by atoms with Crippen molar-refractivity contribution in [2.45, 2.75) is 32.0 Å². The maximum absolute atomic E-state index is 5.87. The van der Waals surface area contributed by atoms with Crippen LogP contribution >= 0.6 is 22.7 Å². The van der Waals surface area contributed by atoms with Crippen LogP contribution in [0.4, 0.5) is 0 Å². The van der Waals surface area contributed by atoms with E-state index in [1.165, 1.54) is 11.3 Å². The first-order chi connectivity index (χ1) is 13.3. The predicted octanol–water partition coefficient (Wildman–Crippen LogP) is 5.06. The number of hydrogen-bond donors (Lipinski definition) is 0. The topological polar surface area (TPSA) is 34.6 Å². The molecular weight excluding hydrogens is 376 g/mol. The third kappa shape index (κ3) is 4.96. The highest BCUT2D eigenvalue weighted by atomic mass is 32.1. The summed E-state index contributed by atoms with van der Waals surface area (Å²) in [5.74, 6) is 0.870. The summed E-state index contributed by atoms with van der Waals surface area (Å²) < 4.78 is 11.1. The predicted molar refractivity (Wildman–Crippen MR) is 112 cm³/mol. The molecule has 1 atom stereocenters. The number of methoxy groups -OCH3 is 1. The second-order valence-electron chi connectivity index (χ2n) is 6.76. The van der Waals surface area contributed by atoms with Gasteiger partial charge < -0.3 is 9.47 Å². The number of hydrogen-bond acceptors (Lipinski definition) is 6. The zero-order valence-corrected chi connectivity index (χ0v) is 17.1. The van der Waals surface area contributed by atoms with Crippen LogP contribution in [-0.4, -0.2) is 36.2 Å². The van der Waals surface area contributed by atoms with Gasteiger partial charge >= 0.3 is 0 Å². The fourth-order valence-electron chi connectivity index (χ4n) is 3.36. The van der Waals surface area contributed by atoms with Gasteiger partial charge in [-0.25, -0.2) is 4.98 Å². The van der Waals surface area contributed by atoms with Gasteiger partial charge in [-0.3, -0.25) is 4.90 Å². The van der Waals surface area contributed by atoms with Crippen LogP contribution < -0.4 is 4.74 Å². The van der Waals surface area contributed by atoms with Gasteiger partial charge in [0, 0.05) is 42.1 Å². The highest BCUT2D eigenvalue weighted by Crippen LogP contribution is 2.27. The van der Waals surface area contributed by atoms with Crippen molar-refractivity contribution in [1.29, 1.82) is 0 Å². The van der Waals surface area contributed by atoms with Gasteiger partial charge in [0.1, 0.15) is 10.8 Å². The van der Waals surface area contributed by atoms with E-state index in [0.29, 0.717) is 6.10 Å². The van der Waals surface area contributed by atoms with E-state index < -0.39 is 0 Å². The van der Waals surface area contributed by atoms with Crippen LogP contribution in [0.1, 0.15) is 23.4 Å². The lowest BCUT2D eigenvalue weighted by atomic mass is 10.2. The largest absolute Gasteiger partial charge is 0.497 e. The van der Waals surface area contributed by atoms with E-state index in [2.05, 4.69) is 39.9 Å². The Morgan fingerprint density at radius 1 is 1.19 bits per heavy atom. The molecule has 1 saturated heterocycles. The van der Waals surface area contributed by atoms with Gasteiger partial charge in [0.2, 0.25) is 0 Å². The molecule has 1 unspecified atom stereocenters. The molecule has 3 aromatic rings. The Morgan fingerprint density at radius 2 is 2.07 bits per heavy atom. The molecule has 2 aromatic heterocycles. The molecule has 4 rings (SSSR count). The first kappa shape index (κ1) is 18.6. The van der Waals surface area contributed by atoms with Crippen LogP contribution in [0, 0.1) is 0 Å². The summed E-state index contributed by atoms with van der Waals surface area (Å²) in [6, 6.07) is 12.4. The van der Waals surface area contributed by atoms with Gasteiger partial charge in [0.15, 0.2) is 0 Å². The molecule has 0 N–H and O–H groups in total. The molecule has 0 spiro atoms. The van der Waals surface area contributed by atoms with Crippen molar-refractivity contribution >= 4 is 22.7 Å². The van der Waals surface area contributed by atoms with Crippen molar-refractivity contribution in [2.75, 3.05) is 20.3 Å². The molecule has 142 valence electrons. The van der Waals surface area contributed by atoms with E-state index in [0.717, 1.165) is 54.7 Å². The minimum absolute atomic E-state index is 0.352. The summed E-state index contributed by atoms with van der Waals surface area (Å²) >= 11 is 3.51. The number of aromatic nitrogens is 1. The second-order valence-corrected chi connectivity index (χ2v) is 8.65. The average molecular weight is 401 g/mol. The smallest absolute Gasteiger partial charge is 0.123 e. The molecule has 0 aliphatic carbocycles. The summed E-state index contributed by atoms with van der Waals surface area (Å²) in [6.45, 7) is 3.67. The van der Waals surface area contributed by atoms with Crippen LogP contribution in [0.3, 0.4) is 0 Å². The van der Waals surface area contributed by atoms with Crippen molar-refractivity contribution < 1.29 is 9.47 Å². The quantitative estimate of drug-likeness (QED) is 0.529. The van der Waals surface area contributed by atoms with E-state index in [9.17, 15) is 0 Å². The maximum Gasteiger partial charge on any atom is 0.123 e. The van der Waals surface area contributed by atoms with Crippen LogP contribution in [-0.2, 0) is 17.8 Å². The molecule has 1 fully saturated rings. The molecule has 3 heterocycles. The van der Waals surface area contributed by atoms with Crippen LogP contribution in [0.15, 0.2) is 47.2 Å². The minimum Gasteiger partial charge on any atom is -0.497 e. The van der Waals surface area contributed by atoms with Crippen molar-refractivity contribution in [3.63, 3.8) is 0 Å². The SMILES string of the molecule is COc1ccc(-c2nc(CN(Cc3cccs3)CC3CCCO3)cs2)cc1. The van der Waals surface area contributed by atoms with Gasteiger partial charge in [0.05, 0.1) is 18.9 Å². The number of thiazole rings is 1. The summed E-state index contributed by atoms with van der Waals surface area (Å²) in [4.78, 5) is 8.73. The van der Waals surface area contributed by atoms with E-state index in [4.69, 9.17) is 14.5 Å². The molecule has 1 aromatic carbocycles. The molecule has 0 amide bonds. The second kappa shape index (κ2) is 8.97. The third-order valence-corrected chi connectivity index (χ3v) is 6.52. The first-order valence-corrected chi connectivity index (χ1v) is 11.0. The maximum atomic E-state index is 5.87. The molecule has 4 nitrogen and oxygen atoms in total. The Bertz CT molecular complexity index is 824. The van der Waals surface area contributed by atoms with E-state index in [-0.39, 0.29) is 0 Å². The number of nitrogens with zero attached hydrogens (tertiary/aromatic N) is 2. The Hall–Kier alpha value is -1.73. The molecule has 0 bridgehead atoms. The van der Waals surface area contributed by atoms with Gasteiger partial charge in [-0.15, -0.1) is 22.7 Å². The fourth-order valence-corrected chi connectivity index (χ4v) is 4.92. The van der Waals surface area contributed by atoms with E-state index in [1.807, 2.05) is 23.5 Å². The average Bonchev–Trinajstić information content (AvgIpc) is 3.45. The van der Waals surface area contributed by atoms with Crippen LogP contribution in [0.2, 0.25) is 0 Å². The number of benzene rings is 1. The summed E-state index contributed by atoms with van der Waals surface area (Å²) in [5, 5.41) is 5.38. The van der Waals surface area contributed by atoms with Gasteiger partial charge in [-0.1, -0.05) is 6.07 Å². The number of ether oxygens (including phenoxy) is 2. The van der Waals surface area contributed by atoms with Gasteiger partial charge in [-0.05, 0) is 48.6 Å². The molecule has 1 aliphatic rings. The van der Waals surface area contributed by atoms with Crippen LogP contribution in [0.25, 0.3) is 10.6 Å². The zero-order chi connectivity index (χ0) is 18.5. The van der Waals surface area contributed by atoms with E-state index in [1.54, 1.807) is 18.4 Å². The van der Waals surface area contributed by atoms with E-state index >= 15 is 0 Å². The standard InChI is InChI=1S/C21H24N2O2S2/c1-24-18-8-6-16(7-9-18)21-22-17(15-27-21)12-23(13-19-4-2-10-25-19)14-20-5-3-11-26-20/h3,5-9,11,15,19H,2,4,10,12-14H2,1H3. The highest BCUT2D eigenvalue weighted by Gasteiger charge is 2.20. The molecule has 6 heteroatoms. The third-order valence-electron chi connectivity index (χ3n) is 4.72. The molecule has 0 radical (unpaired) electrons. The summed E-state index contributed by atoms with van der Waals surface area (Å²) in [6.07, 6.45) is 2.69. The molecule has 1 aliphatic heterocycles. The molecule has 27 heavy (non-hydrogen) atoms. The Kier molecular flexibility index (Phi) is 6.19. The van der Waals surface area contributed by atoms with Crippen molar-refractivity contribution in [3.8, 4) is 16.3 Å². The van der Waals surface area contributed by atoms with Gasteiger partial charge in [-0.2, -0.15) is 0 Å². The normalized spacial score (nSPS) is 16.9. The lowest BCUT2D eigenvalue weighted by Crippen LogP contribution is -2.31. The molecule has 0 saturated carbocycles. The van der Waals surface area contributed by atoms with Gasteiger partial charge in [0.25, 0.3) is 0 Å². The fraction of sp³-hybridized carbons (Fsp3) is 0.381. The van der Waals surface area contributed by atoms with Crippen molar-refractivity contribution in [2.24, 2.45) is 0 Å². The summed E-state index contributed by atoms with van der Waals surface area (Å²) in [7, 11) is 1.69. The van der Waals surface area contributed by atoms with Crippen molar-refractivity contribution in [3.05, 3.63) is 57.7 Å².